The molecule has 3 aromatic rings. The molecule has 0 unspecified atom stereocenters. The van der Waals surface area contributed by atoms with Gasteiger partial charge in [0.1, 0.15) is 0 Å². The van der Waals surface area contributed by atoms with E-state index in [9.17, 15) is 0 Å². The molecule has 3 aromatic carbocycles. The smallest absolute Gasteiger partial charge is 1.00 e. The van der Waals surface area contributed by atoms with Crippen molar-refractivity contribution in [3.8, 4) is 0 Å². The molecule has 0 spiro atoms. The van der Waals surface area contributed by atoms with Crippen molar-refractivity contribution < 1.29 is 17.0 Å². The molecule has 0 radical (unpaired) electrons. The van der Waals surface area contributed by atoms with Gasteiger partial charge in [0.05, 0.1) is 0 Å². The summed E-state index contributed by atoms with van der Waals surface area (Å²) in [7, 11) is 0. The Morgan fingerprint density at radius 1 is 0.538 bits per heavy atom. The van der Waals surface area contributed by atoms with Gasteiger partial charge in [-0.1, -0.05) is 0 Å². The Kier molecular flexibility index (Phi) is 8.69. The van der Waals surface area contributed by atoms with Crippen molar-refractivity contribution in [2.75, 3.05) is 0 Å². The van der Waals surface area contributed by atoms with Crippen molar-refractivity contribution in [1.29, 1.82) is 0 Å². The van der Waals surface area contributed by atoms with Crippen LogP contribution in [0.25, 0.3) is 0 Å². The van der Waals surface area contributed by atoms with E-state index in [1.807, 2.05) is 0 Å². The van der Waals surface area contributed by atoms with E-state index in [4.69, 9.17) is 0 Å². The molecule has 0 saturated carbocycles. The van der Waals surface area contributed by atoms with E-state index in [-0.39, 0.29) is 17.0 Å². The molecule has 0 aliphatic carbocycles. The van der Waals surface area contributed by atoms with Crippen molar-refractivity contribution in [3.05, 3.63) is 91.0 Å². The van der Waals surface area contributed by atoms with Crippen LogP contribution in [0.4, 0.5) is 0 Å². The van der Waals surface area contributed by atoms with Crippen LogP contribution in [0, 0.1) is 0 Å². The molecule has 0 atom stereocenters. The van der Waals surface area contributed by atoms with E-state index in [0.29, 0.717) is 0 Å². The van der Waals surface area contributed by atoms with Crippen LogP contribution in [0.3, 0.4) is 0 Å². The Morgan fingerprint density at radius 2 is 0.923 bits per heavy atom. The monoisotopic (exact) mass is 470 g/mol. The van der Waals surface area contributed by atoms with Gasteiger partial charge in [0.15, 0.2) is 0 Å². The van der Waals surface area contributed by atoms with Crippen LogP contribution >= 0.6 is 0 Å². The molecular weight excluding hydrogens is 443 g/mol. The van der Waals surface area contributed by atoms with Gasteiger partial charge in [-0.05, 0) is 0 Å². The van der Waals surface area contributed by atoms with Crippen LogP contribution in [-0.2, 0) is 0 Å². The van der Waals surface area contributed by atoms with Gasteiger partial charge >= 0.3 is 155 Å². The fourth-order valence-corrected chi connectivity index (χ4v) is 12.9. The third-order valence-corrected chi connectivity index (χ3v) is 14.4. The van der Waals surface area contributed by atoms with Gasteiger partial charge in [-0.2, -0.15) is 0 Å². The average Bonchev–Trinajstić information content (AvgIpc) is 2.70. The van der Waals surface area contributed by atoms with Crippen molar-refractivity contribution in [2.45, 2.75) is 37.8 Å². The first-order chi connectivity index (χ1) is 12.4. The van der Waals surface area contributed by atoms with Gasteiger partial charge in [0.2, 0.25) is 0 Å². The summed E-state index contributed by atoms with van der Waals surface area (Å²) >= 11 is -2.43. The molecule has 0 aliphatic heterocycles. The first-order valence-corrected chi connectivity index (χ1v) is 13.6. The molecule has 2 heteroatoms. The zero-order chi connectivity index (χ0) is 17.4. The number of hydrogen-bond acceptors (Lipinski definition) is 0. The summed E-state index contributed by atoms with van der Waals surface area (Å²) in [6, 6.07) is 33.9. The maximum absolute atomic E-state index is 2.43. The van der Waals surface area contributed by atoms with Gasteiger partial charge in [0, 0.05) is 0 Å². The van der Waals surface area contributed by atoms with Gasteiger partial charge in [-0.15, -0.1) is 0 Å². The third kappa shape index (κ3) is 4.70. The molecule has 0 nitrogen and oxygen atoms in total. The Bertz CT molecular complexity index is 644. The van der Waals surface area contributed by atoms with Crippen LogP contribution in [-0.4, -0.2) is 13.6 Å². The van der Waals surface area contributed by atoms with E-state index in [1.54, 1.807) is 13.1 Å². The van der Waals surface area contributed by atoms with Crippen molar-refractivity contribution in [1.82, 2.24) is 0 Å². The number of halogens is 1. The maximum atomic E-state index is 2.37. The summed E-state index contributed by atoms with van der Waals surface area (Å²) in [6.45, 7) is 2.29. The summed E-state index contributed by atoms with van der Waals surface area (Å²) in [6.07, 6.45) is 5.29. The Hall–Kier alpha value is -1.30. The first kappa shape index (κ1) is 21.0. The van der Waals surface area contributed by atoms with Crippen LogP contribution in [0.5, 0.6) is 0 Å². The van der Waals surface area contributed by atoms with E-state index in [2.05, 4.69) is 97.9 Å². The second kappa shape index (κ2) is 10.8. The molecular formula is C24H28AsBr. The van der Waals surface area contributed by atoms with Crippen LogP contribution < -0.4 is 30.0 Å². The minimum Gasteiger partial charge on any atom is -1.00 e. The molecule has 0 aromatic heterocycles. The van der Waals surface area contributed by atoms with Crippen molar-refractivity contribution in [3.63, 3.8) is 0 Å². The molecule has 0 N–H and O–H groups in total. The van der Waals surface area contributed by atoms with Gasteiger partial charge in [-0.25, -0.2) is 0 Å². The minimum absolute atomic E-state index is 0. The predicted octanol–water partition coefficient (Wildman–Crippen LogP) is 1.74. The minimum atomic E-state index is -2.43. The Morgan fingerprint density at radius 3 is 1.27 bits per heavy atom. The predicted molar refractivity (Wildman–Crippen MR) is 113 cm³/mol. The molecule has 0 fully saturated rings. The summed E-state index contributed by atoms with van der Waals surface area (Å²) < 4.78 is 4.69. The van der Waals surface area contributed by atoms with Gasteiger partial charge < -0.3 is 17.0 Å². The van der Waals surface area contributed by atoms with Crippen molar-refractivity contribution >= 4 is 26.6 Å². The third-order valence-electron chi connectivity index (χ3n) is 4.94. The number of rotatable bonds is 8. The average molecular weight is 471 g/mol. The summed E-state index contributed by atoms with van der Waals surface area (Å²) in [5, 5.41) is 1.32. The topological polar surface area (TPSA) is 0 Å². The van der Waals surface area contributed by atoms with Crippen LogP contribution in [0.1, 0.15) is 32.6 Å². The van der Waals surface area contributed by atoms with Gasteiger partial charge in [0.25, 0.3) is 0 Å². The second-order valence-corrected chi connectivity index (χ2v) is 14.2. The molecule has 0 heterocycles. The quantitative estimate of drug-likeness (QED) is 0.347. The second-order valence-electron chi connectivity index (χ2n) is 6.60. The molecule has 0 saturated heterocycles. The molecule has 0 bridgehead atoms. The van der Waals surface area contributed by atoms with Crippen LogP contribution in [0.15, 0.2) is 91.0 Å². The SMILES string of the molecule is CCCCCC[As+](c1ccccc1)(c1ccccc1)c1ccccc1.[Br-]. The number of hydrogen-bond donors (Lipinski definition) is 0. The fourth-order valence-electron chi connectivity index (χ4n) is 3.66. The zero-order valence-corrected chi connectivity index (χ0v) is 19.0. The zero-order valence-electron chi connectivity index (χ0n) is 15.5. The normalized spacial score (nSPS) is 11.0. The molecule has 3 rings (SSSR count). The Balaban J connectivity index is 0.00000243. The molecule has 136 valence electrons. The maximum Gasteiger partial charge on any atom is -1.00 e. The summed E-state index contributed by atoms with van der Waals surface area (Å²) in [5.74, 6) is 0. The van der Waals surface area contributed by atoms with Crippen molar-refractivity contribution in [2.24, 2.45) is 0 Å². The van der Waals surface area contributed by atoms with E-state index >= 15 is 0 Å². The number of benzene rings is 3. The van der Waals surface area contributed by atoms with Gasteiger partial charge in [-0.3, -0.25) is 0 Å². The molecule has 0 amide bonds. The van der Waals surface area contributed by atoms with E-state index in [1.165, 1.54) is 30.9 Å². The summed E-state index contributed by atoms with van der Waals surface area (Å²) in [4.78, 5) is 0. The molecule has 26 heavy (non-hydrogen) atoms. The Labute approximate surface area is 171 Å². The van der Waals surface area contributed by atoms with E-state index < -0.39 is 13.6 Å². The molecule has 0 aliphatic rings. The first-order valence-electron chi connectivity index (χ1n) is 9.43. The standard InChI is InChI=1S/C24H28As.BrH/c1-2-3-4-14-21-25(22-15-8-5-9-16-22,23-17-10-6-11-18-23)24-19-12-7-13-20-24;/h5-13,15-20H,2-4,14,21H2,1H3;1H/q+1;/p-1. The largest absolute Gasteiger partial charge is 1.00 e. The fraction of sp³-hybridized carbons (Fsp3) is 0.250. The van der Waals surface area contributed by atoms with Crippen LogP contribution in [0.2, 0.25) is 5.21 Å². The summed E-state index contributed by atoms with van der Waals surface area (Å²) in [5.41, 5.74) is 0. The number of unbranched alkanes of at least 4 members (excludes halogenated alkanes) is 3. The van der Waals surface area contributed by atoms with E-state index in [0.717, 1.165) is 0 Å².